The van der Waals surface area contributed by atoms with Crippen molar-refractivity contribution in [1.82, 2.24) is 0 Å². The van der Waals surface area contributed by atoms with Gasteiger partial charge in [-0.3, -0.25) is 4.79 Å². The van der Waals surface area contributed by atoms with Crippen molar-refractivity contribution in [3.63, 3.8) is 0 Å². The molecule has 1 atom stereocenters. The predicted molar refractivity (Wildman–Crippen MR) is 71.5 cm³/mol. The van der Waals surface area contributed by atoms with E-state index in [9.17, 15) is 9.90 Å². The molecule has 1 aliphatic heterocycles. The second-order valence-electron chi connectivity index (χ2n) is 5.00. The Kier molecular flexibility index (Phi) is 3.50. The zero-order chi connectivity index (χ0) is 13.3. The fourth-order valence-corrected chi connectivity index (χ4v) is 2.71. The molecule has 0 saturated carbocycles. The number of rotatable bonds is 3. The number of hydrogen-bond donors (Lipinski definition) is 2. The summed E-state index contributed by atoms with van der Waals surface area (Å²) in [6.07, 6.45) is 0.707. The summed E-state index contributed by atoms with van der Waals surface area (Å²) < 4.78 is 0. The molecule has 0 aliphatic carbocycles. The highest BCUT2D eigenvalue weighted by atomic mass is 35.5. The van der Waals surface area contributed by atoms with Crippen LogP contribution >= 0.6 is 11.6 Å². The van der Waals surface area contributed by atoms with Crippen molar-refractivity contribution in [3.8, 4) is 0 Å². The average Bonchev–Trinajstić information content (AvgIpc) is 2.72. The minimum absolute atomic E-state index is 0.0698. The third kappa shape index (κ3) is 2.18. The van der Waals surface area contributed by atoms with Crippen LogP contribution in [-0.4, -0.2) is 24.1 Å². The zero-order valence-electron chi connectivity index (χ0n) is 10.3. The molecule has 0 bridgehead atoms. The Balaban J connectivity index is 2.32. The number of anilines is 1. The van der Waals surface area contributed by atoms with E-state index >= 15 is 0 Å². The largest absolute Gasteiger partial charge is 0.392 e. The number of primary amides is 1. The summed E-state index contributed by atoms with van der Waals surface area (Å²) in [5, 5.41) is 9.96. The molecule has 18 heavy (non-hydrogen) atoms. The quantitative estimate of drug-likeness (QED) is 0.874. The molecule has 0 aromatic heterocycles. The van der Waals surface area contributed by atoms with Crippen LogP contribution in [0.5, 0.6) is 0 Å². The normalized spacial score (nSPS) is 23.4. The number of para-hydroxylation sites is 1. The first-order chi connectivity index (χ1) is 8.48. The number of benzene rings is 1. The van der Waals surface area contributed by atoms with Crippen LogP contribution in [0, 0.1) is 5.41 Å². The number of carbonyl (C=O) groups excluding carboxylic acids is 1. The van der Waals surface area contributed by atoms with Crippen molar-refractivity contribution < 1.29 is 9.90 Å². The Labute approximate surface area is 111 Å². The molecule has 1 heterocycles. The molecule has 98 valence electrons. The monoisotopic (exact) mass is 268 g/mol. The summed E-state index contributed by atoms with van der Waals surface area (Å²) >= 11 is 6.19. The lowest BCUT2D eigenvalue weighted by atomic mass is 9.89. The number of amides is 1. The molecular weight excluding hydrogens is 252 g/mol. The van der Waals surface area contributed by atoms with Crippen LogP contribution in [-0.2, 0) is 11.4 Å². The molecule has 1 aliphatic rings. The molecule has 1 unspecified atom stereocenters. The lowest BCUT2D eigenvalue weighted by Crippen LogP contribution is -2.37. The summed E-state index contributed by atoms with van der Waals surface area (Å²) in [4.78, 5) is 13.5. The average molecular weight is 269 g/mol. The fraction of sp³-hybridized carbons (Fsp3) is 0.462. The van der Waals surface area contributed by atoms with Crippen LogP contribution in [0.25, 0.3) is 0 Å². The van der Waals surface area contributed by atoms with Crippen LogP contribution in [0.1, 0.15) is 18.9 Å². The number of aliphatic hydroxyl groups is 1. The third-order valence-electron chi connectivity index (χ3n) is 3.63. The van der Waals surface area contributed by atoms with Crippen molar-refractivity contribution in [2.24, 2.45) is 11.1 Å². The minimum atomic E-state index is -0.522. The molecule has 2 rings (SSSR count). The van der Waals surface area contributed by atoms with Crippen LogP contribution in [0.3, 0.4) is 0 Å². The van der Waals surface area contributed by atoms with Crippen molar-refractivity contribution in [1.29, 1.82) is 0 Å². The maximum Gasteiger partial charge on any atom is 0.225 e. The molecule has 1 aromatic rings. The molecular formula is C13H17ClN2O2. The number of aliphatic hydroxyl groups excluding tert-OH is 1. The molecule has 3 N–H and O–H groups in total. The van der Waals surface area contributed by atoms with Gasteiger partial charge in [-0.05, 0) is 19.4 Å². The number of hydrogen-bond acceptors (Lipinski definition) is 3. The summed E-state index contributed by atoms with van der Waals surface area (Å²) in [6, 6.07) is 5.43. The van der Waals surface area contributed by atoms with E-state index < -0.39 is 5.41 Å². The van der Waals surface area contributed by atoms with Crippen molar-refractivity contribution in [2.45, 2.75) is 20.0 Å². The molecule has 1 saturated heterocycles. The van der Waals surface area contributed by atoms with Gasteiger partial charge in [0.05, 0.1) is 22.7 Å². The van der Waals surface area contributed by atoms with Crippen LogP contribution < -0.4 is 10.6 Å². The molecule has 0 spiro atoms. The van der Waals surface area contributed by atoms with E-state index in [0.717, 1.165) is 17.8 Å². The van der Waals surface area contributed by atoms with Gasteiger partial charge in [0.25, 0.3) is 0 Å². The van der Waals surface area contributed by atoms with E-state index in [1.54, 1.807) is 12.1 Å². The van der Waals surface area contributed by atoms with Gasteiger partial charge in [-0.2, -0.15) is 0 Å². The maximum atomic E-state index is 11.5. The van der Waals surface area contributed by atoms with Gasteiger partial charge in [0.2, 0.25) is 5.91 Å². The molecule has 0 radical (unpaired) electrons. The van der Waals surface area contributed by atoms with Gasteiger partial charge >= 0.3 is 0 Å². The van der Waals surface area contributed by atoms with Crippen LogP contribution in [0.15, 0.2) is 18.2 Å². The van der Waals surface area contributed by atoms with Gasteiger partial charge in [-0.15, -0.1) is 0 Å². The van der Waals surface area contributed by atoms with Gasteiger partial charge in [0, 0.05) is 18.7 Å². The van der Waals surface area contributed by atoms with E-state index in [0.29, 0.717) is 18.0 Å². The first-order valence-electron chi connectivity index (χ1n) is 5.91. The fourth-order valence-electron chi connectivity index (χ4n) is 2.39. The standard InChI is InChI=1S/C13H17ClN2O2/c1-13(12(15)18)5-6-16(8-13)11-9(7-17)3-2-4-10(11)14/h2-4,17H,5-8H2,1H3,(H2,15,18). The molecule has 5 heteroatoms. The minimum Gasteiger partial charge on any atom is -0.392 e. The lowest BCUT2D eigenvalue weighted by molar-refractivity contribution is -0.125. The topological polar surface area (TPSA) is 66.6 Å². The van der Waals surface area contributed by atoms with E-state index in [1.165, 1.54) is 0 Å². The second kappa shape index (κ2) is 4.78. The Hall–Kier alpha value is -1.26. The highest BCUT2D eigenvalue weighted by Gasteiger charge is 2.39. The van der Waals surface area contributed by atoms with Gasteiger partial charge < -0.3 is 15.7 Å². The Morgan fingerprint density at radius 3 is 2.89 bits per heavy atom. The van der Waals surface area contributed by atoms with E-state index in [1.807, 2.05) is 17.9 Å². The summed E-state index contributed by atoms with van der Waals surface area (Å²) in [7, 11) is 0. The summed E-state index contributed by atoms with van der Waals surface area (Å²) in [6.45, 7) is 3.06. The Morgan fingerprint density at radius 1 is 1.61 bits per heavy atom. The number of halogens is 1. The maximum absolute atomic E-state index is 11.5. The van der Waals surface area contributed by atoms with Crippen LogP contribution in [0.4, 0.5) is 5.69 Å². The number of carbonyl (C=O) groups is 1. The number of nitrogens with two attached hydrogens (primary N) is 1. The first kappa shape index (κ1) is 13.2. The first-order valence-corrected chi connectivity index (χ1v) is 6.29. The second-order valence-corrected chi connectivity index (χ2v) is 5.41. The van der Waals surface area contributed by atoms with Crippen molar-refractivity contribution in [2.75, 3.05) is 18.0 Å². The molecule has 1 aromatic carbocycles. The van der Waals surface area contributed by atoms with Crippen LogP contribution in [0.2, 0.25) is 5.02 Å². The van der Waals surface area contributed by atoms with Gasteiger partial charge in [-0.1, -0.05) is 23.7 Å². The molecule has 4 nitrogen and oxygen atoms in total. The third-order valence-corrected chi connectivity index (χ3v) is 3.93. The van der Waals surface area contributed by atoms with Crippen molar-refractivity contribution in [3.05, 3.63) is 28.8 Å². The van der Waals surface area contributed by atoms with Gasteiger partial charge in [0.1, 0.15) is 0 Å². The summed E-state index contributed by atoms with van der Waals surface area (Å²) in [5.74, 6) is -0.289. The van der Waals surface area contributed by atoms with E-state index in [-0.39, 0.29) is 12.5 Å². The van der Waals surface area contributed by atoms with E-state index in [2.05, 4.69) is 0 Å². The van der Waals surface area contributed by atoms with E-state index in [4.69, 9.17) is 17.3 Å². The van der Waals surface area contributed by atoms with Gasteiger partial charge in [-0.25, -0.2) is 0 Å². The molecule has 1 fully saturated rings. The lowest BCUT2D eigenvalue weighted by Gasteiger charge is -2.25. The zero-order valence-corrected chi connectivity index (χ0v) is 11.1. The predicted octanol–water partition coefficient (Wildman–Crippen LogP) is 1.53. The summed E-state index contributed by atoms with van der Waals surface area (Å²) in [5.41, 5.74) is 6.50. The Bertz CT molecular complexity index is 478. The highest BCUT2D eigenvalue weighted by Crippen LogP contribution is 2.38. The highest BCUT2D eigenvalue weighted by molar-refractivity contribution is 6.33. The molecule has 1 amide bonds. The smallest absolute Gasteiger partial charge is 0.225 e. The van der Waals surface area contributed by atoms with Gasteiger partial charge in [0.15, 0.2) is 0 Å². The van der Waals surface area contributed by atoms with Crippen molar-refractivity contribution >= 4 is 23.2 Å². The Morgan fingerprint density at radius 2 is 2.33 bits per heavy atom. The number of nitrogens with zero attached hydrogens (tertiary/aromatic N) is 1. The SMILES string of the molecule is CC1(C(N)=O)CCN(c2c(Cl)cccc2CO)C1.